The number of benzene rings is 1. The maximum atomic E-state index is 11.0. The van der Waals surface area contributed by atoms with Crippen LogP contribution in [-0.2, 0) is 4.74 Å². The Morgan fingerprint density at radius 2 is 2.33 bits per heavy atom. The zero-order valence-corrected chi connectivity index (χ0v) is 9.40. The number of carbonyl (C=O) groups is 1. The third-order valence-electron chi connectivity index (χ3n) is 2.28. The molecule has 1 heterocycles. The molecular weight excluding hydrogens is 262 g/mol. The molecule has 15 heavy (non-hydrogen) atoms. The topological polar surface area (TPSA) is 58.6 Å². The molecule has 0 radical (unpaired) electrons. The van der Waals surface area contributed by atoms with Crippen LogP contribution in [0.1, 0.15) is 11.7 Å². The third-order valence-corrected chi connectivity index (χ3v) is 2.77. The van der Waals surface area contributed by atoms with Crippen LogP contribution >= 0.6 is 15.9 Å². The zero-order chi connectivity index (χ0) is 10.8. The van der Waals surface area contributed by atoms with Crippen molar-refractivity contribution in [2.75, 3.05) is 6.61 Å². The van der Waals surface area contributed by atoms with Crippen LogP contribution in [0.25, 0.3) is 0 Å². The number of hydrogen-bond acceptors (Lipinski definition) is 3. The fourth-order valence-corrected chi connectivity index (χ4v) is 2.00. The van der Waals surface area contributed by atoms with Crippen LogP contribution in [0.3, 0.4) is 0 Å². The first-order valence-electron chi connectivity index (χ1n) is 4.54. The number of aliphatic hydroxyl groups is 1. The molecule has 1 aromatic carbocycles. The van der Waals surface area contributed by atoms with Gasteiger partial charge in [0.2, 0.25) is 0 Å². The Morgan fingerprint density at radius 3 is 3.00 bits per heavy atom. The molecule has 1 amide bonds. The smallest absolute Gasteiger partial charge is 0.408 e. The number of nitrogens with one attached hydrogen (secondary N) is 1. The van der Waals surface area contributed by atoms with Crippen molar-refractivity contribution in [1.29, 1.82) is 0 Å². The van der Waals surface area contributed by atoms with Crippen molar-refractivity contribution in [3.05, 3.63) is 34.3 Å². The molecule has 1 fully saturated rings. The summed E-state index contributed by atoms with van der Waals surface area (Å²) in [6.07, 6.45) is -0.904. The summed E-state index contributed by atoms with van der Waals surface area (Å²) in [5.74, 6) is 0. The summed E-state index contributed by atoms with van der Waals surface area (Å²) in [6.45, 7) is -0.136. The summed E-state index contributed by atoms with van der Waals surface area (Å²) in [5.41, 5.74) is 0.863. The highest BCUT2D eigenvalue weighted by atomic mass is 79.9. The summed E-state index contributed by atoms with van der Waals surface area (Å²) in [4.78, 5) is 11.0. The van der Waals surface area contributed by atoms with Gasteiger partial charge in [-0.15, -0.1) is 0 Å². The lowest BCUT2D eigenvalue weighted by Gasteiger charge is -2.14. The second-order valence-electron chi connectivity index (χ2n) is 3.31. The van der Waals surface area contributed by atoms with Crippen molar-refractivity contribution in [2.45, 2.75) is 12.1 Å². The van der Waals surface area contributed by atoms with Crippen molar-refractivity contribution in [3.63, 3.8) is 0 Å². The number of carbonyl (C=O) groups excluding carboxylic acids is 1. The number of alkyl carbamates (subject to hydrolysis) is 1. The molecule has 2 atom stereocenters. The van der Waals surface area contributed by atoms with E-state index < -0.39 is 12.2 Å². The van der Waals surface area contributed by atoms with Gasteiger partial charge < -0.3 is 15.2 Å². The van der Waals surface area contributed by atoms with Gasteiger partial charge in [-0.25, -0.2) is 4.79 Å². The molecule has 2 unspecified atom stereocenters. The first kappa shape index (κ1) is 10.4. The first-order valence-corrected chi connectivity index (χ1v) is 5.33. The van der Waals surface area contributed by atoms with E-state index in [1.165, 1.54) is 0 Å². The minimum absolute atomic E-state index is 0.136. The molecule has 0 bridgehead atoms. The summed E-state index contributed by atoms with van der Waals surface area (Å²) in [6, 6.07) is 7.11. The van der Waals surface area contributed by atoms with E-state index in [0.717, 1.165) is 10.0 Å². The van der Waals surface area contributed by atoms with Gasteiger partial charge in [0, 0.05) is 4.47 Å². The van der Waals surface area contributed by atoms with Crippen LogP contribution in [0, 0.1) is 0 Å². The van der Waals surface area contributed by atoms with E-state index in [2.05, 4.69) is 21.2 Å². The average Bonchev–Trinajstić information content (AvgIpc) is 2.59. The molecule has 1 saturated heterocycles. The van der Waals surface area contributed by atoms with Gasteiger partial charge in [-0.1, -0.05) is 28.1 Å². The van der Waals surface area contributed by atoms with Crippen LogP contribution in [0.5, 0.6) is 0 Å². The SMILES string of the molecule is O=C1NC(CO)C(c2cccc(Br)c2)O1. The van der Waals surface area contributed by atoms with E-state index in [-0.39, 0.29) is 12.6 Å². The molecule has 0 aromatic heterocycles. The summed E-state index contributed by atoms with van der Waals surface area (Å²) >= 11 is 3.34. The van der Waals surface area contributed by atoms with Crippen LogP contribution in [0.15, 0.2) is 28.7 Å². The third kappa shape index (κ3) is 2.13. The van der Waals surface area contributed by atoms with Crippen LogP contribution < -0.4 is 5.32 Å². The van der Waals surface area contributed by atoms with Gasteiger partial charge in [-0.3, -0.25) is 0 Å². The molecule has 4 nitrogen and oxygen atoms in total. The maximum Gasteiger partial charge on any atom is 0.408 e. The number of aliphatic hydroxyl groups excluding tert-OH is 1. The Bertz CT molecular complexity index is 383. The fraction of sp³-hybridized carbons (Fsp3) is 0.300. The second kappa shape index (κ2) is 4.20. The minimum Gasteiger partial charge on any atom is -0.439 e. The quantitative estimate of drug-likeness (QED) is 0.859. The van der Waals surface area contributed by atoms with E-state index in [9.17, 15) is 4.79 Å². The normalized spacial score (nSPS) is 24.8. The van der Waals surface area contributed by atoms with Gasteiger partial charge in [0.15, 0.2) is 6.10 Å². The second-order valence-corrected chi connectivity index (χ2v) is 4.23. The molecule has 1 aliphatic rings. The van der Waals surface area contributed by atoms with Crippen molar-refractivity contribution >= 4 is 22.0 Å². The van der Waals surface area contributed by atoms with Crippen molar-refractivity contribution in [2.24, 2.45) is 0 Å². The Labute approximate surface area is 95.4 Å². The van der Waals surface area contributed by atoms with Crippen molar-refractivity contribution < 1.29 is 14.6 Å². The lowest BCUT2D eigenvalue weighted by Crippen LogP contribution is -2.31. The van der Waals surface area contributed by atoms with Gasteiger partial charge in [0.25, 0.3) is 0 Å². The number of ether oxygens (including phenoxy) is 1. The molecule has 1 aliphatic heterocycles. The zero-order valence-electron chi connectivity index (χ0n) is 7.81. The Kier molecular flexibility index (Phi) is 2.93. The van der Waals surface area contributed by atoms with Crippen LogP contribution in [0.2, 0.25) is 0 Å². The van der Waals surface area contributed by atoms with Gasteiger partial charge in [0.05, 0.1) is 12.6 Å². The van der Waals surface area contributed by atoms with E-state index >= 15 is 0 Å². The van der Waals surface area contributed by atoms with Crippen LogP contribution in [0.4, 0.5) is 4.79 Å². The Morgan fingerprint density at radius 1 is 1.53 bits per heavy atom. The fourth-order valence-electron chi connectivity index (χ4n) is 1.58. The lowest BCUT2D eigenvalue weighted by molar-refractivity contribution is 0.119. The van der Waals surface area contributed by atoms with E-state index in [4.69, 9.17) is 9.84 Å². The maximum absolute atomic E-state index is 11.0. The van der Waals surface area contributed by atoms with Gasteiger partial charge in [-0.2, -0.15) is 0 Å². The van der Waals surface area contributed by atoms with E-state index in [0.29, 0.717) is 0 Å². The van der Waals surface area contributed by atoms with E-state index in [1.807, 2.05) is 24.3 Å². The molecule has 5 heteroatoms. The molecule has 0 aliphatic carbocycles. The first-order chi connectivity index (χ1) is 7.20. The number of rotatable bonds is 2. The lowest BCUT2D eigenvalue weighted by atomic mass is 10.0. The molecular formula is C10H10BrNO3. The largest absolute Gasteiger partial charge is 0.439 e. The summed E-state index contributed by atoms with van der Waals surface area (Å²) in [7, 11) is 0. The van der Waals surface area contributed by atoms with Gasteiger partial charge >= 0.3 is 6.09 Å². The molecule has 0 saturated carbocycles. The molecule has 1 aromatic rings. The number of cyclic esters (lactones) is 1. The highest BCUT2D eigenvalue weighted by Crippen LogP contribution is 2.27. The number of halogens is 1. The molecule has 0 spiro atoms. The van der Waals surface area contributed by atoms with Gasteiger partial charge in [0.1, 0.15) is 0 Å². The standard InChI is InChI=1S/C10H10BrNO3/c11-7-3-1-2-6(4-7)9-8(5-13)12-10(14)15-9/h1-4,8-9,13H,5H2,(H,12,14). The molecule has 80 valence electrons. The predicted molar refractivity (Wildman–Crippen MR) is 57.4 cm³/mol. The molecule has 2 rings (SSSR count). The Hall–Kier alpha value is -1.07. The molecule has 2 N–H and O–H groups in total. The van der Waals surface area contributed by atoms with Crippen molar-refractivity contribution in [3.8, 4) is 0 Å². The summed E-state index contributed by atoms with van der Waals surface area (Å²) < 4.78 is 5.99. The summed E-state index contributed by atoms with van der Waals surface area (Å²) in [5, 5.41) is 11.6. The van der Waals surface area contributed by atoms with E-state index in [1.54, 1.807) is 0 Å². The highest BCUT2D eigenvalue weighted by molar-refractivity contribution is 9.10. The van der Waals surface area contributed by atoms with Crippen LogP contribution in [-0.4, -0.2) is 23.8 Å². The average molecular weight is 272 g/mol. The highest BCUT2D eigenvalue weighted by Gasteiger charge is 2.34. The number of amides is 1. The van der Waals surface area contributed by atoms with Crippen molar-refractivity contribution in [1.82, 2.24) is 5.32 Å². The monoisotopic (exact) mass is 271 g/mol. The Balaban J connectivity index is 2.26. The van der Waals surface area contributed by atoms with Gasteiger partial charge in [-0.05, 0) is 17.7 Å². The minimum atomic E-state index is -0.487. The number of hydrogen-bond donors (Lipinski definition) is 2. The predicted octanol–water partition coefficient (Wildman–Crippen LogP) is 1.59.